The Balaban J connectivity index is 2.12. The topological polar surface area (TPSA) is 46.8 Å². The van der Waals surface area contributed by atoms with Gasteiger partial charge in [-0.3, -0.25) is 0 Å². The van der Waals surface area contributed by atoms with E-state index in [-0.39, 0.29) is 5.82 Å². The van der Waals surface area contributed by atoms with E-state index in [0.29, 0.717) is 11.3 Å². The third-order valence-electron chi connectivity index (χ3n) is 3.71. The molecule has 0 N–H and O–H groups in total. The van der Waals surface area contributed by atoms with Gasteiger partial charge in [-0.15, -0.1) is 0 Å². The molecular formula is C17H20FN5. The predicted octanol–water partition coefficient (Wildman–Crippen LogP) is 3.58. The zero-order valence-corrected chi connectivity index (χ0v) is 13.4. The predicted molar refractivity (Wildman–Crippen MR) is 89.4 cm³/mol. The molecule has 2 heterocycles. The molecule has 0 amide bonds. The number of hydrogen-bond donors (Lipinski definition) is 0. The molecule has 3 aromatic rings. The monoisotopic (exact) mass is 313 g/mol. The van der Waals surface area contributed by atoms with Crippen molar-refractivity contribution in [3.05, 3.63) is 42.6 Å². The number of benzene rings is 1. The summed E-state index contributed by atoms with van der Waals surface area (Å²) in [7, 11) is 0. The molecule has 2 aromatic heterocycles. The molecule has 0 fully saturated rings. The van der Waals surface area contributed by atoms with Crippen molar-refractivity contribution < 1.29 is 4.39 Å². The molecule has 1 aromatic carbocycles. The largest absolute Gasteiger partial charge is 0.356 e. The van der Waals surface area contributed by atoms with Crippen molar-refractivity contribution in [1.82, 2.24) is 19.7 Å². The first kappa shape index (κ1) is 15.4. The summed E-state index contributed by atoms with van der Waals surface area (Å²) in [4.78, 5) is 11.0. The third kappa shape index (κ3) is 2.88. The highest BCUT2D eigenvalue weighted by Crippen LogP contribution is 2.25. The highest BCUT2D eigenvalue weighted by Gasteiger charge is 2.16. The molecule has 5 nitrogen and oxygen atoms in total. The summed E-state index contributed by atoms with van der Waals surface area (Å²) in [5.41, 5.74) is 1.02. The second-order valence-corrected chi connectivity index (χ2v) is 5.43. The lowest BCUT2D eigenvalue weighted by Gasteiger charge is -2.22. The van der Waals surface area contributed by atoms with Crippen molar-refractivity contribution in [2.45, 2.75) is 26.7 Å². The van der Waals surface area contributed by atoms with Crippen LogP contribution in [0.5, 0.6) is 0 Å². The average molecular weight is 313 g/mol. The Hall–Kier alpha value is -2.50. The third-order valence-corrected chi connectivity index (χ3v) is 3.71. The van der Waals surface area contributed by atoms with Gasteiger partial charge in [0.2, 0.25) is 0 Å². The molecule has 0 unspecified atom stereocenters. The zero-order chi connectivity index (χ0) is 16.2. The van der Waals surface area contributed by atoms with Crippen LogP contribution in [-0.4, -0.2) is 32.8 Å². The van der Waals surface area contributed by atoms with Gasteiger partial charge >= 0.3 is 0 Å². The highest BCUT2D eigenvalue weighted by atomic mass is 19.1. The quantitative estimate of drug-likeness (QED) is 0.698. The van der Waals surface area contributed by atoms with E-state index in [1.54, 1.807) is 24.4 Å². The maximum absolute atomic E-state index is 14.1. The van der Waals surface area contributed by atoms with Crippen molar-refractivity contribution in [3.8, 4) is 5.69 Å². The number of hydrogen-bond acceptors (Lipinski definition) is 4. The molecule has 0 aliphatic heterocycles. The maximum Gasteiger partial charge on any atom is 0.168 e. The van der Waals surface area contributed by atoms with Crippen molar-refractivity contribution in [3.63, 3.8) is 0 Å². The maximum atomic E-state index is 14.1. The van der Waals surface area contributed by atoms with Gasteiger partial charge in [0.05, 0.1) is 11.6 Å². The van der Waals surface area contributed by atoms with Gasteiger partial charge in [-0.25, -0.2) is 19.0 Å². The molecule has 0 saturated heterocycles. The molecule has 0 aliphatic rings. The SMILES string of the molecule is CCCN(CCC)c1ncnc2c1cnn2-c1ccccc1F. The van der Waals surface area contributed by atoms with Gasteiger partial charge in [-0.1, -0.05) is 26.0 Å². The molecule has 0 saturated carbocycles. The molecule has 23 heavy (non-hydrogen) atoms. The smallest absolute Gasteiger partial charge is 0.168 e. The number of aromatic nitrogens is 4. The lowest BCUT2D eigenvalue weighted by molar-refractivity contribution is 0.612. The first-order valence-electron chi connectivity index (χ1n) is 7.94. The highest BCUT2D eigenvalue weighted by molar-refractivity contribution is 5.87. The van der Waals surface area contributed by atoms with Crippen molar-refractivity contribution >= 4 is 16.9 Å². The van der Waals surface area contributed by atoms with Gasteiger partial charge in [0.25, 0.3) is 0 Å². The Morgan fingerprint density at radius 3 is 2.52 bits per heavy atom. The second-order valence-electron chi connectivity index (χ2n) is 5.43. The van der Waals surface area contributed by atoms with Crippen LogP contribution in [0.1, 0.15) is 26.7 Å². The van der Waals surface area contributed by atoms with E-state index in [1.165, 1.54) is 17.1 Å². The first-order chi connectivity index (χ1) is 11.3. The molecule has 0 aliphatic carbocycles. The number of fused-ring (bicyclic) bond motifs is 1. The summed E-state index contributed by atoms with van der Waals surface area (Å²) < 4.78 is 15.6. The number of nitrogens with zero attached hydrogens (tertiary/aromatic N) is 5. The van der Waals surface area contributed by atoms with Crippen LogP contribution in [0.15, 0.2) is 36.8 Å². The summed E-state index contributed by atoms with van der Waals surface area (Å²) in [6.07, 6.45) is 5.31. The van der Waals surface area contributed by atoms with E-state index in [0.717, 1.165) is 37.1 Å². The summed E-state index contributed by atoms with van der Waals surface area (Å²) >= 11 is 0. The van der Waals surface area contributed by atoms with Crippen LogP contribution in [0, 0.1) is 5.82 Å². The molecule has 0 radical (unpaired) electrons. The Kier molecular flexibility index (Phi) is 4.50. The Bertz CT molecular complexity index is 793. The average Bonchev–Trinajstić information content (AvgIpc) is 2.99. The summed E-state index contributed by atoms with van der Waals surface area (Å²) in [5.74, 6) is 0.540. The second kappa shape index (κ2) is 6.73. The van der Waals surface area contributed by atoms with E-state index in [9.17, 15) is 4.39 Å². The van der Waals surface area contributed by atoms with E-state index >= 15 is 0 Å². The molecule has 120 valence electrons. The minimum Gasteiger partial charge on any atom is -0.356 e. The molecule has 0 atom stereocenters. The van der Waals surface area contributed by atoms with E-state index in [1.807, 2.05) is 0 Å². The number of rotatable bonds is 6. The lowest BCUT2D eigenvalue weighted by atomic mass is 10.3. The Morgan fingerprint density at radius 1 is 1.09 bits per heavy atom. The van der Waals surface area contributed by atoms with Gasteiger partial charge in [-0.2, -0.15) is 5.10 Å². The summed E-state index contributed by atoms with van der Waals surface area (Å²) in [6.45, 7) is 6.13. The van der Waals surface area contributed by atoms with Crippen LogP contribution in [0.2, 0.25) is 0 Å². The Morgan fingerprint density at radius 2 is 1.83 bits per heavy atom. The summed E-state index contributed by atoms with van der Waals surface area (Å²) in [6, 6.07) is 6.56. The van der Waals surface area contributed by atoms with Crippen LogP contribution in [0.3, 0.4) is 0 Å². The van der Waals surface area contributed by atoms with Gasteiger partial charge in [0.1, 0.15) is 23.6 Å². The minimum absolute atomic E-state index is 0.323. The molecule has 0 spiro atoms. The van der Waals surface area contributed by atoms with Crippen LogP contribution >= 0.6 is 0 Å². The Labute approximate surface area is 134 Å². The van der Waals surface area contributed by atoms with Crippen LogP contribution < -0.4 is 4.90 Å². The minimum atomic E-state index is -0.323. The number of para-hydroxylation sites is 1. The fourth-order valence-electron chi connectivity index (χ4n) is 2.75. The van der Waals surface area contributed by atoms with E-state index in [4.69, 9.17) is 0 Å². The summed E-state index contributed by atoms with van der Waals surface area (Å²) in [5, 5.41) is 5.18. The zero-order valence-electron chi connectivity index (χ0n) is 13.4. The number of halogens is 1. The molecule has 3 rings (SSSR count). The lowest BCUT2D eigenvalue weighted by Crippen LogP contribution is -2.26. The number of anilines is 1. The van der Waals surface area contributed by atoms with Gasteiger partial charge in [0.15, 0.2) is 5.65 Å². The van der Waals surface area contributed by atoms with Crippen molar-refractivity contribution in [1.29, 1.82) is 0 Å². The van der Waals surface area contributed by atoms with Gasteiger partial charge in [-0.05, 0) is 25.0 Å². The fraction of sp³-hybridized carbons (Fsp3) is 0.353. The molecule has 0 bridgehead atoms. The van der Waals surface area contributed by atoms with E-state index < -0.39 is 0 Å². The van der Waals surface area contributed by atoms with Crippen LogP contribution in [-0.2, 0) is 0 Å². The fourth-order valence-corrected chi connectivity index (χ4v) is 2.75. The normalized spacial score (nSPS) is 11.1. The van der Waals surface area contributed by atoms with Crippen molar-refractivity contribution in [2.75, 3.05) is 18.0 Å². The van der Waals surface area contributed by atoms with Gasteiger partial charge in [0, 0.05) is 13.1 Å². The van der Waals surface area contributed by atoms with E-state index in [2.05, 4.69) is 33.8 Å². The molecule has 6 heteroatoms. The van der Waals surface area contributed by atoms with Crippen molar-refractivity contribution in [2.24, 2.45) is 0 Å². The van der Waals surface area contributed by atoms with Gasteiger partial charge < -0.3 is 4.90 Å². The standard InChI is InChI=1S/C17H20FN5/c1-3-9-22(10-4-2)16-13-11-21-23(17(13)20-12-19-16)15-8-6-5-7-14(15)18/h5-8,11-12H,3-4,9-10H2,1-2H3. The first-order valence-corrected chi connectivity index (χ1v) is 7.94. The van der Waals surface area contributed by atoms with Crippen LogP contribution in [0.25, 0.3) is 16.7 Å². The molecular weight excluding hydrogens is 293 g/mol. The van der Waals surface area contributed by atoms with Crippen LogP contribution in [0.4, 0.5) is 10.2 Å².